The molecule has 0 saturated heterocycles. The minimum Gasteiger partial charge on any atom is -0.474 e. The fourth-order valence-corrected chi connectivity index (χ4v) is 3.59. The lowest BCUT2D eigenvalue weighted by atomic mass is 10.1. The second kappa shape index (κ2) is 9.49. The summed E-state index contributed by atoms with van der Waals surface area (Å²) in [6.07, 6.45) is 7.85. The van der Waals surface area contributed by atoms with E-state index < -0.39 is 0 Å². The van der Waals surface area contributed by atoms with Gasteiger partial charge in [0, 0.05) is 32.4 Å². The summed E-state index contributed by atoms with van der Waals surface area (Å²) in [6.45, 7) is 1.72. The van der Waals surface area contributed by atoms with E-state index in [0.29, 0.717) is 25.3 Å². The van der Waals surface area contributed by atoms with Gasteiger partial charge in [-0.3, -0.25) is 4.99 Å². The smallest absolute Gasteiger partial charge is 0.231 e. The Bertz CT molecular complexity index is 832. The number of aliphatic imine (C=N–C) groups is 1. The number of aromatic nitrogens is 1. The van der Waals surface area contributed by atoms with Crippen LogP contribution in [0.15, 0.2) is 41.5 Å². The molecule has 0 radical (unpaired) electrons. The molecule has 7 heteroatoms. The number of nitrogens with one attached hydrogen (secondary N) is 2. The topological polar surface area (TPSA) is 77.0 Å². The Morgan fingerprint density at radius 3 is 2.72 bits per heavy atom. The monoisotopic (exact) mass is 396 g/mol. The predicted molar refractivity (Wildman–Crippen MR) is 112 cm³/mol. The molecule has 0 atom stereocenters. The standard InChI is InChI=1S/C22H28N4O3/c1-23-22(24-11-10-16-6-8-19-20(12-16)28-15-27-19)26-14-17-7-9-21(25-13-17)29-18-4-2-3-5-18/h6-9,12-13,18H,2-5,10-11,14-15H2,1H3,(H2,23,24,26). The molecule has 2 N–H and O–H groups in total. The van der Waals surface area contributed by atoms with E-state index in [-0.39, 0.29) is 0 Å². The largest absolute Gasteiger partial charge is 0.474 e. The normalized spacial score (nSPS) is 16.1. The summed E-state index contributed by atoms with van der Waals surface area (Å²) in [5.74, 6) is 3.11. The van der Waals surface area contributed by atoms with Crippen LogP contribution in [0.5, 0.6) is 17.4 Å². The summed E-state index contributed by atoms with van der Waals surface area (Å²) in [7, 11) is 1.77. The van der Waals surface area contributed by atoms with Gasteiger partial charge in [-0.05, 0) is 55.4 Å². The molecule has 0 amide bonds. The first-order chi connectivity index (χ1) is 14.3. The Kier molecular flexibility index (Phi) is 6.34. The molecule has 2 aliphatic rings. The van der Waals surface area contributed by atoms with E-state index >= 15 is 0 Å². The number of benzene rings is 1. The molecule has 0 unspecified atom stereocenters. The second-order valence-corrected chi connectivity index (χ2v) is 7.32. The van der Waals surface area contributed by atoms with Crippen molar-refractivity contribution in [3.63, 3.8) is 0 Å². The molecule has 2 aromatic rings. The van der Waals surface area contributed by atoms with Crippen LogP contribution < -0.4 is 24.8 Å². The first-order valence-corrected chi connectivity index (χ1v) is 10.2. The first kappa shape index (κ1) is 19.4. The highest BCUT2D eigenvalue weighted by atomic mass is 16.7. The van der Waals surface area contributed by atoms with Crippen LogP contribution in [0, 0.1) is 0 Å². The quantitative estimate of drug-likeness (QED) is 0.553. The lowest BCUT2D eigenvalue weighted by Gasteiger charge is -2.13. The van der Waals surface area contributed by atoms with Gasteiger partial charge in [0.15, 0.2) is 17.5 Å². The van der Waals surface area contributed by atoms with Crippen molar-refractivity contribution in [2.45, 2.75) is 44.8 Å². The van der Waals surface area contributed by atoms with Crippen LogP contribution >= 0.6 is 0 Å². The number of ether oxygens (including phenoxy) is 3. The average molecular weight is 396 g/mol. The van der Waals surface area contributed by atoms with Crippen LogP contribution in [0.25, 0.3) is 0 Å². The van der Waals surface area contributed by atoms with Crippen LogP contribution in [0.1, 0.15) is 36.8 Å². The van der Waals surface area contributed by atoms with E-state index in [9.17, 15) is 0 Å². The molecule has 2 heterocycles. The fraction of sp³-hybridized carbons (Fsp3) is 0.455. The highest BCUT2D eigenvalue weighted by Gasteiger charge is 2.17. The summed E-state index contributed by atoms with van der Waals surface area (Å²) in [4.78, 5) is 8.71. The van der Waals surface area contributed by atoms with Crippen LogP contribution in [0.3, 0.4) is 0 Å². The zero-order valence-corrected chi connectivity index (χ0v) is 16.8. The third-order valence-electron chi connectivity index (χ3n) is 5.21. The summed E-state index contributed by atoms with van der Waals surface area (Å²) in [5.41, 5.74) is 2.28. The van der Waals surface area contributed by atoms with Crippen LogP contribution in [-0.4, -0.2) is 37.4 Å². The van der Waals surface area contributed by atoms with Gasteiger partial charge in [-0.1, -0.05) is 12.1 Å². The number of fused-ring (bicyclic) bond motifs is 1. The molecule has 1 saturated carbocycles. The van der Waals surface area contributed by atoms with Crippen LogP contribution in [-0.2, 0) is 13.0 Å². The maximum Gasteiger partial charge on any atom is 0.231 e. The maximum absolute atomic E-state index is 5.92. The molecule has 1 aliphatic carbocycles. The van der Waals surface area contributed by atoms with Crippen molar-refractivity contribution in [2.24, 2.45) is 4.99 Å². The van der Waals surface area contributed by atoms with Crippen molar-refractivity contribution in [3.05, 3.63) is 47.7 Å². The molecule has 29 heavy (non-hydrogen) atoms. The van der Waals surface area contributed by atoms with Gasteiger partial charge in [0.1, 0.15) is 6.10 Å². The first-order valence-electron chi connectivity index (χ1n) is 10.2. The lowest BCUT2D eigenvalue weighted by molar-refractivity contribution is 0.174. The number of nitrogens with zero attached hydrogens (tertiary/aromatic N) is 2. The van der Waals surface area contributed by atoms with Crippen LogP contribution in [0.4, 0.5) is 0 Å². The molecular formula is C22H28N4O3. The van der Waals surface area contributed by atoms with Gasteiger partial charge in [0.2, 0.25) is 12.7 Å². The van der Waals surface area contributed by atoms with Gasteiger partial charge in [0.25, 0.3) is 0 Å². The summed E-state index contributed by atoms with van der Waals surface area (Å²) < 4.78 is 16.7. The fourth-order valence-electron chi connectivity index (χ4n) is 3.59. The van der Waals surface area contributed by atoms with Gasteiger partial charge in [-0.2, -0.15) is 0 Å². The minimum absolute atomic E-state index is 0.302. The summed E-state index contributed by atoms with van der Waals surface area (Å²) in [5, 5.41) is 6.66. The van der Waals surface area contributed by atoms with Crippen LogP contribution in [0.2, 0.25) is 0 Å². The van der Waals surface area contributed by atoms with E-state index in [1.54, 1.807) is 7.05 Å². The molecular weight excluding hydrogens is 368 g/mol. The van der Waals surface area contributed by atoms with Crippen molar-refractivity contribution in [2.75, 3.05) is 20.4 Å². The number of hydrogen-bond donors (Lipinski definition) is 2. The molecule has 1 aromatic heterocycles. The Morgan fingerprint density at radius 1 is 1.10 bits per heavy atom. The van der Waals surface area contributed by atoms with Gasteiger partial charge in [-0.25, -0.2) is 4.98 Å². The Labute approximate surface area is 171 Å². The Hall–Kier alpha value is -2.96. The van der Waals surface area contributed by atoms with E-state index in [4.69, 9.17) is 14.2 Å². The number of hydrogen-bond acceptors (Lipinski definition) is 5. The average Bonchev–Trinajstić information content (AvgIpc) is 3.43. The number of pyridine rings is 1. The highest BCUT2D eigenvalue weighted by molar-refractivity contribution is 5.79. The molecule has 7 nitrogen and oxygen atoms in total. The van der Waals surface area contributed by atoms with E-state index in [0.717, 1.165) is 48.8 Å². The molecule has 4 rings (SSSR count). The number of guanidine groups is 1. The van der Waals surface area contributed by atoms with Crippen molar-refractivity contribution < 1.29 is 14.2 Å². The maximum atomic E-state index is 5.92. The third kappa shape index (κ3) is 5.31. The van der Waals surface area contributed by atoms with Crippen molar-refractivity contribution in [1.82, 2.24) is 15.6 Å². The Balaban J connectivity index is 1.20. The third-order valence-corrected chi connectivity index (χ3v) is 5.21. The molecule has 1 fully saturated rings. The van der Waals surface area contributed by atoms with Gasteiger partial charge in [-0.15, -0.1) is 0 Å². The lowest BCUT2D eigenvalue weighted by Crippen LogP contribution is -2.37. The molecule has 1 aliphatic heterocycles. The van der Waals surface area contributed by atoms with Crippen molar-refractivity contribution in [3.8, 4) is 17.4 Å². The van der Waals surface area contributed by atoms with Gasteiger partial charge < -0.3 is 24.8 Å². The summed E-state index contributed by atoms with van der Waals surface area (Å²) >= 11 is 0. The van der Waals surface area contributed by atoms with E-state index in [2.05, 4.69) is 26.7 Å². The number of rotatable bonds is 7. The molecule has 154 valence electrons. The molecule has 1 aromatic carbocycles. The zero-order chi connectivity index (χ0) is 19.9. The van der Waals surface area contributed by atoms with Crippen molar-refractivity contribution >= 4 is 5.96 Å². The predicted octanol–water partition coefficient (Wildman–Crippen LogP) is 3.04. The molecule has 0 bridgehead atoms. The second-order valence-electron chi connectivity index (χ2n) is 7.32. The Morgan fingerprint density at radius 2 is 1.93 bits per heavy atom. The molecule has 0 spiro atoms. The van der Waals surface area contributed by atoms with E-state index in [1.165, 1.54) is 18.4 Å². The van der Waals surface area contributed by atoms with Gasteiger partial charge in [0.05, 0.1) is 0 Å². The minimum atomic E-state index is 0.302. The zero-order valence-electron chi connectivity index (χ0n) is 16.8. The van der Waals surface area contributed by atoms with Crippen molar-refractivity contribution in [1.29, 1.82) is 0 Å². The van der Waals surface area contributed by atoms with E-state index in [1.807, 2.05) is 30.5 Å². The van der Waals surface area contributed by atoms with Gasteiger partial charge >= 0.3 is 0 Å². The highest BCUT2D eigenvalue weighted by Crippen LogP contribution is 2.32. The summed E-state index contributed by atoms with van der Waals surface area (Å²) in [6, 6.07) is 10.0. The SMILES string of the molecule is CN=C(NCCc1ccc2c(c1)OCO2)NCc1ccc(OC2CCCC2)nc1.